The van der Waals surface area contributed by atoms with E-state index in [9.17, 15) is 28.8 Å². The molecule has 0 aliphatic carbocycles. The summed E-state index contributed by atoms with van der Waals surface area (Å²) >= 11 is 0. The van der Waals surface area contributed by atoms with Crippen LogP contribution in [0.4, 0.5) is 0 Å². The highest BCUT2D eigenvalue weighted by Gasteiger charge is 2.22. The molecule has 0 aromatic rings. The Kier molecular flexibility index (Phi) is 22.8. The van der Waals surface area contributed by atoms with Crippen molar-refractivity contribution < 1.29 is 44.1 Å². The van der Waals surface area contributed by atoms with E-state index >= 15 is 0 Å². The molecule has 0 aliphatic heterocycles. The van der Waals surface area contributed by atoms with Crippen molar-refractivity contribution in [1.82, 2.24) is 16.0 Å². The Balaban J connectivity index is -0.000000585. The second-order valence-electron chi connectivity index (χ2n) is 7.41. The van der Waals surface area contributed by atoms with Crippen LogP contribution in [0.15, 0.2) is 0 Å². The van der Waals surface area contributed by atoms with Crippen LogP contribution in [-0.2, 0) is 28.8 Å². The molecule has 12 heteroatoms. The van der Waals surface area contributed by atoms with Crippen molar-refractivity contribution in [2.75, 3.05) is 0 Å². The van der Waals surface area contributed by atoms with Gasteiger partial charge in [0, 0.05) is 18.9 Å². The van der Waals surface area contributed by atoms with Gasteiger partial charge in [0.2, 0.25) is 12.3 Å². The van der Waals surface area contributed by atoms with Gasteiger partial charge in [-0.25, -0.2) is 9.59 Å². The number of carbonyl (C=O) groups excluding carboxylic acids is 3. The number of hydrogen-bond acceptors (Lipinski definition) is 7. The summed E-state index contributed by atoms with van der Waals surface area (Å²) in [7, 11) is 0. The van der Waals surface area contributed by atoms with Gasteiger partial charge in [-0.1, -0.05) is 41.0 Å². The minimum absolute atomic E-state index is 0.00831. The van der Waals surface area contributed by atoms with E-state index in [1.54, 1.807) is 0 Å². The summed E-state index contributed by atoms with van der Waals surface area (Å²) in [5.74, 6) is -3.75. The predicted molar refractivity (Wildman–Crippen MR) is 125 cm³/mol. The second kappa shape index (κ2) is 21.8. The molecular weight excluding hydrogens is 450 g/mol. The van der Waals surface area contributed by atoms with Crippen molar-refractivity contribution >= 4 is 36.0 Å². The largest absolute Gasteiger partial charge is 0.480 e. The number of carbonyl (C=O) groups is 6. The van der Waals surface area contributed by atoms with Gasteiger partial charge < -0.3 is 36.1 Å². The molecule has 3 unspecified atom stereocenters. The van der Waals surface area contributed by atoms with E-state index in [1.165, 1.54) is 6.92 Å². The van der Waals surface area contributed by atoms with Gasteiger partial charge in [-0.3, -0.25) is 14.4 Å². The van der Waals surface area contributed by atoms with Crippen molar-refractivity contribution in [1.29, 1.82) is 0 Å². The fraction of sp³-hybridized carbons (Fsp3) is 0.727. The van der Waals surface area contributed by atoms with E-state index in [-0.39, 0.29) is 37.5 Å². The summed E-state index contributed by atoms with van der Waals surface area (Å²) in [6, 6.07) is -2.68. The third-order valence-electron chi connectivity index (χ3n) is 4.06. The van der Waals surface area contributed by atoms with Crippen LogP contribution in [0.3, 0.4) is 0 Å². The summed E-state index contributed by atoms with van der Waals surface area (Å²) in [6.45, 7) is 10.8. The number of ketones is 1. The first-order valence-corrected chi connectivity index (χ1v) is 11.3. The third kappa shape index (κ3) is 20.9. The normalized spacial score (nSPS) is 12.4. The molecule has 0 heterocycles. The van der Waals surface area contributed by atoms with Gasteiger partial charge in [0.15, 0.2) is 0 Å². The topological polar surface area (TPSA) is 199 Å². The van der Waals surface area contributed by atoms with E-state index in [0.29, 0.717) is 19.3 Å². The van der Waals surface area contributed by atoms with Crippen LogP contribution in [0.5, 0.6) is 0 Å². The maximum atomic E-state index is 11.7. The lowest BCUT2D eigenvalue weighted by molar-refractivity contribution is -0.143. The molecule has 6 N–H and O–H groups in total. The molecule has 198 valence electrons. The van der Waals surface area contributed by atoms with Gasteiger partial charge in [0.25, 0.3) is 0 Å². The number of rotatable bonds is 16. The molecule has 0 aromatic carbocycles. The van der Waals surface area contributed by atoms with Gasteiger partial charge in [0.05, 0.1) is 0 Å². The molecule has 0 saturated carbocycles. The molecule has 34 heavy (non-hydrogen) atoms. The zero-order valence-corrected chi connectivity index (χ0v) is 20.9. The molecule has 0 aliphatic rings. The van der Waals surface area contributed by atoms with Gasteiger partial charge in [-0.15, -0.1) is 0 Å². The Morgan fingerprint density at radius 1 is 0.794 bits per heavy atom. The fourth-order valence-electron chi connectivity index (χ4n) is 2.48. The molecule has 0 spiro atoms. The average molecular weight is 492 g/mol. The van der Waals surface area contributed by atoms with Crippen LogP contribution in [0, 0.1) is 0 Å². The average Bonchev–Trinajstić information content (AvgIpc) is 2.74. The van der Waals surface area contributed by atoms with E-state index < -0.39 is 41.9 Å². The van der Waals surface area contributed by atoms with Crippen LogP contribution < -0.4 is 16.0 Å². The zero-order valence-electron chi connectivity index (χ0n) is 20.9. The molecule has 0 rings (SSSR count). The standard InChI is InChI=1S/C13H24N2O5.C7H11NO4.C2H6/c1-4-5-9(12(17)18)15-11(16)7-6-10(13(19)20)14-8(2)3;1-5(10)2-3-6(7(11)12)8-4-9;1-2/h8-10,14H,4-7H2,1-3H3,(H,15,16)(H,17,18)(H,19,20);4,6H,2-3H2,1H3,(H,8,9)(H,11,12);1-2H3. The van der Waals surface area contributed by atoms with Gasteiger partial charge >= 0.3 is 17.9 Å². The van der Waals surface area contributed by atoms with Crippen molar-refractivity contribution in [3.05, 3.63) is 0 Å². The Hall–Kier alpha value is -3.02. The smallest absolute Gasteiger partial charge is 0.326 e. The lowest BCUT2D eigenvalue weighted by Gasteiger charge is -2.18. The second-order valence-corrected chi connectivity index (χ2v) is 7.41. The van der Waals surface area contributed by atoms with Crippen molar-refractivity contribution in [3.8, 4) is 0 Å². The molecule has 3 atom stereocenters. The van der Waals surface area contributed by atoms with Crippen LogP contribution in [0.2, 0.25) is 0 Å². The monoisotopic (exact) mass is 491 g/mol. The number of hydrogen-bond donors (Lipinski definition) is 6. The summed E-state index contributed by atoms with van der Waals surface area (Å²) < 4.78 is 0. The minimum atomic E-state index is -1.12. The molecule has 0 aromatic heterocycles. The molecule has 0 radical (unpaired) electrons. The minimum Gasteiger partial charge on any atom is -0.480 e. The van der Waals surface area contributed by atoms with Crippen molar-refractivity contribution in [2.24, 2.45) is 0 Å². The van der Waals surface area contributed by atoms with Crippen molar-refractivity contribution in [3.63, 3.8) is 0 Å². The zero-order chi connectivity index (χ0) is 27.3. The number of carboxylic acids is 3. The Bertz CT molecular complexity index is 639. The number of nitrogens with one attached hydrogen (secondary N) is 3. The molecule has 2 amide bonds. The van der Waals surface area contributed by atoms with Gasteiger partial charge in [-0.2, -0.15) is 0 Å². The Morgan fingerprint density at radius 3 is 1.62 bits per heavy atom. The predicted octanol–water partition coefficient (Wildman–Crippen LogP) is 1.17. The quantitative estimate of drug-likeness (QED) is 0.170. The maximum absolute atomic E-state index is 11.7. The maximum Gasteiger partial charge on any atom is 0.326 e. The van der Waals surface area contributed by atoms with E-state index in [0.717, 1.165) is 0 Å². The molecular formula is C22H41N3O9. The van der Waals surface area contributed by atoms with Gasteiger partial charge in [-0.05, 0) is 26.2 Å². The first-order chi connectivity index (χ1) is 15.8. The van der Waals surface area contributed by atoms with Crippen LogP contribution in [0.1, 0.15) is 80.1 Å². The Morgan fingerprint density at radius 2 is 1.26 bits per heavy atom. The molecule has 0 fully saturated rings. The molecule has 0 saturated heterocycles. The SMILES string of the molecule is CC.CC(=O)CCC(NC=O)C(=O)O.CCCC(NC(=O)CCC(NC(C)C)C(=O)O)C(=O)O. The lowest BCUT2D eigenvalue weighted by Crippen LogP contribution is -2.43. The van der Waals surface area contributed by atoms with Crippen LogP contribution in [0.25, 0.3) is 0 Å². The molecule has 12 nitrogen and oxygen atoms in total. The van der Waals surface area contributed by atoms with Crippen molar-refractivity contribution in [2.45, 2.75) is 104 Å². The van der Waals surface area contributed by atoms with E-state index in [1.807, 2.05) is 34.6 Å². The van der Waals surface area contributed by atoms with Gasteiger partial charge in [0.1, 0.15) is 23.9 Å². The van der Waals surface area contributed by atoms with E-state index in [4.69, 9.17) is 15.3 Å². The number of aliphatic carboxylic acids is 3. The summed E-state index contributed by atoms with van der Waals surface area (Å²) in [5, 5.41) is 33.8. The lowest BCUT2D eigenvalue weighted by atomic mass is 10.1. The number of Topliss-reactive ketones (excluding diaryl/α,β-unsaturated/α-hetero) is 1. The highest BCUT2D eigenvalue weighted by atomic mass is 16.4. The first kappa shape index (κ1) is 35.6. The highest BCUT2D eigenvalue weighted by Crippen LogP contribution is 2.03. The van der Waals surface area contributed by atoms with E-state index in [2.05, 4.69) is 16.0 Å². The summed E-state index contributed by atoms with van der Waals surface area (Å²) in [6.07, 6.45) is 1.72. The highest BCUT2D eigenvalue weighted by molar-refractivity contribution is 5.84. The van der Waals surface area contributed by atoms with Crippen LogP contribution >= 0.6 is 0 Å². The summed E-state index contributed by atoms with van der Waals surface area (Å²) in [5.41, 5.74) is 0. The third-order valence-corrected chi connectivity index (χ3v) is 4.06. The molecule has 0 bridgehead atoms. The Labute approximate surface area is 200 Å². The van der Waals surface area contributed by atoms with Crippen LogP contribution in [-0.4, -0.2) is 75.5 Å². The fourth-order valence-corrected chi connectivity index (χ4v) is 2.48. The number of amides is 2. The number of carboxylic acid groups (broad SMARTS) is 3. The first-order valence-electron chi connectivity index (χ1n) is 11.3. The summed E-state index contributed by atoms with van der Waals surface area (Å²) in [4.78, 5) is 64.3.